The highest BCUT2D eigenvalue weighted by Crippen LogP contribution is 2.21. The number of allylic oxidation sites excluding steroid dienone is 3. The standard InChI is InChI=1S/C11H12BrNOS/c1-2-3-4-5-11(14)13-8-9-6-7-10(12)15-9/h2-7H,8H2,1H3,(H,13,14). The van der Waals surface area contributed by atoms with E-state index < -0.39 is 0 Å². The molecule has 15 heavy (non-hydrogen) atoms. The van der Waals surface area contributed by atoms with Gasteiger partial charge in [0.25, 0.3) is 0 Å². The third-order valence-corrected chi connectivity index (χ3v) is 3.24. The first-order valence-corrected chi connectivity index (χ1v) is 6.14. The molecule has 2 nitrogen and oxygen atoms in total. The van der Waals surface area contributed by atoms with E-state index in [0.717, 1.165) is 8.66 Å². The molecule has 0 aliphatic rings. The van der Waals surface area contributed by atoms with Gasteiger partial charge in [0.05, 0.1) is 10.3 Å². The van der Waals surface area contributed by atoms with Crippen LogP contribution in [-0.2, 0) is 11.3 Å². The lowest BCUT2D eigenvalue weighted by atomic mass is 10.4. The number of rotatable bonds is 4. The molecule has 0 unspecified atom stereocenters. The lowest BCUT2D eigenvalue weighted by Gasteiger charge is -1.97. The largest absolute Gasteiger partial charge is 0.348 e. The minimum atomic E-state index is -0.0716. The van der Waals surface area contributed by atoms with Crippen LogP contribution in [0.15, 0.2) is 40.2 Å². The van der Waals surface area contributed by atoms with Gasteiger partial charge in [0.2, 0.25) is 5.91 Å². The van der Waals surface area contributed by atoms with Crippen molar-refractivity contribution in [1.29, 1.82) is 0 Å². The number of hydrogen-bond acceptors (Lipinski definition) is 2. The number of carbonyl (C=O) groups excluding carboxylic acids is 1. The average Bonchev–Trinajstić information content (AvgIpc) is 2.62. The molecule has 0 aliphatic heterocycles. The summed E-state index contributed by atoms with van der Waals surface area (Å²) >= 11 is 5.00. The van der Waals surface area contributed by atoms with Gasteiger partial charge in [-0.1, -0.05) is 18.2 Å². The molecule has 0 aliphatic carbocycles. The zero-order chi connectivity index (χ0) is 11.1. The Morgan fingerprint density at radius 3 is 2.93 bits per heavy atom. The summed E-state index contributed by atoms with van der Waals surface area (Å²) in [5.41, 5.74) is 0. The average molecular weight is 286 g/mol. The van der Waals surface area contributed by atoms with Crippen LogP contribution in [0, 0.1) is 0 Å². The second-order valence-corrected chi connectivity index (χ2v) is 5.36. The zero-order valence-corrected chi connectivity index (χ0v) is 10.8. The highest BCUT2D eigenvalue weighted by Gasteiger charge is 1.98. The zero-order valence-electron chi connectivity index (χ0n) is 8.37. The van der Waals surface area contributed by atoms with E-state index in [1.807, 2.05) is 31.2 Å². The molecule has 0 atom stereocenters. The van der Waals surface area contributed by atoms with Gasteiger partial charge < -0.3 is 5.32 Å². The molecule has 1 amide bonds. The van der Waals surface area contributed by atoms with E-state index in [-0.39, 0.29) is 5.91 Å². The van der Waals surface area contributed by atoms with Gasteiger partial charge in [0.15, 0.2) is 0 Å². The molecule has 0 aromatic carbocycles. The van der Waals surface area contributed by atoms with Crippen LogP contribution in [0.3, 0.4) is 0 Å². The van der Waals surface area contributed by atoms with Crippen molar-refractivity contribution >= 4 is 33.2 Å². The molecule has 80 valence electrons. The minimum absolute atomic E-state index is 0.0716. The van der Waals surface area contributed by atoms with Crippen molar-refractivity contribution in [3.63, 3.8) is 0 Å². The van der Waals surface area contributed by atoms with Crippen LogP contribution >= 0.6 is 27.3 Å². The van der Waals surface area contributed by atoms with Gasteiger partial charge in [-0.3, -0.25) is 4.79 Å². The van der Waals surface area contributed by atoms with Crippen LogP contribution in [0.2, 0.25) is 0 Å². The topological polar surface area (TPSA) is 29.1 Å². The van der Waals surface area contributed by atoms with E-state index >= 15 is 0 Å². The summed E-state index contributed by atoms with van der Waals surface area (Å²) < 4.78 is 1.08. The summed E-state index contributed by atoms with van der Waals surface area (Å²) in [6, 6.07) is 3.96. The lowest BCUT2D eigenvalue weighted by molar-refractivity contribution is -0.116. The monoisotopic (exact) mass is 285 g/mol. The van der Waals surface area contributed by atoms with Crippen molar-refractivity contribution in [2.24, 2.45) is 0 Å². The summed E-state index contributed by atoms with van der Waals surface area (Å²) in [5.74, 6) is -0.0716. The van der Waals surface area contributed by atoms with Gasteiger partial charge in [0, 0.05) is 11.0 Å². The first-order valence-electron chi connectivity index (χ1n) is 4.54. The normalized spacial score (nSPS) is 11.3. The minimum Gasteiger partial charge on any atom is -0.348 e. The molecule has 0 saturated carbocycles. The highest BCUT2D eigenvalue weighted by molar-refractivity contribution is 9.11. The summed E-state index contributed by atoms with van der Waals surface area (Å²) in [4.78, 5) is 12.4. The number of halogens is 1. The van der Waals surface area contributed by atoms with Crippen LogP contribution < -0.4 is 5.32 Å². The van der Waals surface area contributed by atoms with Crippen LogP contribution in [0.4, 0.5) is 0 Å². The van der Waals surface area contributed by atoms with Crippen LogP contribution in [0.1, 0.15) is 11.8 Å². The Bertz CT molecular complexity index is 382. The highest BCUT2D eigenvalue weighted by atomic mass is 79.9. The van der Waals surface area contributed by atoms with Gasteiger partial charge in [-0.15, -0.1) is 11.3 Å². The van der Waals surface area contributed by atoms with Gasteiger partial charge in [-0.25, -0.2) is 0 Å². The third-order valence-electron chi connectivity index (χ3n) is 1.62. The Balaban J connectivity index is 2.34. The summed E-state index contributed by atoms with van der Waals surface area (Å²) in [5, 5.41) is 2.80. The van der Waals surface area contributed by atoms with E-state index in [2.05, 4.69) is 21.2 Å². The van der Waals surface area contributed by atoms with E-state index in [4.69, 9.17) is 0 Å². The van der Waals surface area contributed by atoms with Crippen molar-refractivity contribution in [2.75, 3.05) is 0 Å². The van der Waals surface area contributed by atoms with Gasteiger partial charge in [0.1, 0.15) is 0 Å². The molecule has 1 aromatic rings. The van der Waals surface area contributed by atoms with E-state index in [9.17, 15) is 4.79 Å². The maximum atomic E-state index is 11.3. The number of hydrogen-bond donors (Lipinski definition) is 1. The van der Waals surface area contributed by atoms with Crippen molar-refractivity contribution in [1.82, 2.24) is 5.32 Å². The second-order valence-electron chi connectivity index (χ2n) is 2.81. The van der Waals surface area contributed by atoms with Crippen LogP contribution in [-0.4, -0.2) is 5.91 Å². The molecule has 0 fully saturated rings. The molecule has 0 radical (unpaired) electrons. The molecule has 1 N–H and O–H groups in total. The molecule has 1 heterocycles. The van der Waals surface area contributed by atoms with Gasteiger partial charge >= 0.3 is 0 Å². The fraction of sp³-hybridized carbons (Fsp3) is 0.182. The van der Waals surface area contributed by atoms with E-state index in [1.165, 1.54) is 6.08 Å². The molecule has 4 heteroatoms. The van der Waals surface area contributed by atoms with Crippen molar-refractivity contribution < 1.29 is 4.79 Å². The molecule has 0 saturated heterocycles. The quantitative estimate of drug-likeness (QED) is 0.668. The third kappa shape index (κ3) is 4.95. The lowest BCUT2D eigenvalue weighted by Crippen LogP contribution is -2.19. The molecular formula is C11H12BrNOS. The Morgan fingerprint density at radius 1 is 1.53 bits per heavy atom. The SMILES string of the molecule is CC=CC=CC(=O)NCc1ccc(Br)s1. The van der Waals surface area contributed by atoms with Crippen molar-refractivity contribution in [3.8, 4) is 0 Å². The summed E-state index contributed by atoms with van der Waals surface area (Å²) in [6.07, 6.45) is 6.93. The molecule has 1 rings (SSSR count). The van der Waals surface area contributed by atoms with E-state index in [0.29, 0.717) is 6.54 Å². The smallest absolute Gasteiger partial charge is 0.244 e. The summed E-state index contributed by atoms with van der Waals surface area (Å²) in [7, 11) is 0. The number of carbonyl (C=O) groups is 1. The van der Waals surface area contributed by atoms with Crippen LogP contribution in [0.25, 0.3) is 0 Å². The second kappa shape index (κ2) is 6.58. The molecular weight excluding hydrogens is 274 g/mol. The first-order chi connectivity index (χ1) is 7.22. The van der Waals surface area contributed by atoms with Crippen molar-refractivity contribution in [2.45, 2.75) is 13.5 Å². The molecule has 0 bridgehead atoms. The maximum Gasteiger partial charge on any atom is 0.244 e. The Hall–Kier alpha value is -0.870. The Morgan fingerprint density at radius 2 is 2.33 bits per heavy atom. The number of thiophene rings is 1. The predicted molar refractivity (Wildman–Crippen MR) is 67.8 cm³/mol. The molecule has 0 spiro atoms. The summed E-state index contributed by atoms with van der Waals surface area (Å²) in [6.45, 7) is 2.49. The number of amides is 1. The van der Waals surface area contributed by atoms with Gasteiger partial charge in [-0.2, -0.15) is 0 Å². The predicted octanol–water partition coefficient (Wildman–Crippen LogP) is 3.26. The van der Waals surface area contributed by atoms with Crippen molar-refractivity contribution in [3.05, 3.63) is 45.1 Å². The molecule has 1 aromatic heterocycles. The van der Waals surface area contributed by atoms with Gasteiger partial charge in [-0.05, 0) is 35.0 Å². The van der Waals surface area contributed by atoms with E-state index in [1.54, 1.807) is 17.4 Å². The Labute approximate surface area is 102 Å². The first kappa shape index (κ1) is 12.2. The van der Waals surface area contributed by atoms with Crippen LogP contribution in [0.5, 0.6) is 0 Å². The fourth-order valence-corrected chi connectivity index (χ4v) is 2.36. The Kier molecular flexibility index (Phi) is 5.36. The fourth-order valence-electron chi connectivity index (χ4n) is 0.934. The maximum absolute atomic E-state index is 11.3. The number of nitrogens with one attached hydrogen (secondary N) is 1.